The van der Waals surface area contributed by atoms with Crippen LogP contribution >= 0.6 is 11.6 Å². The molecule has 0 heterocycles. The van der Waals surface area contributed by atoms with E-state index in [1.807, 2.05) is 0 Å². The van der Waals surface area contributed by atoms with E-state index in [4.69, 9.17) is 11.6 Å². The summed E-state index contributed by atoms with van der Waals surface area (Å²) in [5.41, 5.74) is -0.887. The summed E-state index contributed by atoms with van der Waals surface area (Å²) in [6, 6.07) is 2.48. The number of anilines is 1. The summed E-state index contributed by atoms with van der Waals surface area (Å²) in [5.74, 6) is -0.309. The molecule has 0 aromatic heterocycles. The van der Waals surface area contributed by atoms with Crippen molar-refractivity contribution in [2.24, 2.45) is 0 Å². The minimum Gasteiger partial charge on any atom is -0.383 e. The Kier molecular flexibility index (Phi) is 5.72. The number of rotatable bonds is 6. The van der Waals surface area contributed by atoms with Crippen molar-refractivity contribution < 1.29 is 17.6 Å². The summed E-state index contributed by atoms with van der Waals surface area (Å²) in [6.07, 6.45) is -1.94. The Morgan fingerprint density at radius 2 is 1.83 bits per heavy atom. The normalized spacial score (nSPS) is 11.6. The van der Waals surface area contributed by atoms with Crippen molar-refractivity contribution in [1.29, 1.82) is 0 Å². The number of alkyl halides is 4. The van der Waals surface area contributed by atoms with Gasteiger partial charge in [-0.3, -0.25) is 0 Å². The van der Waals surface area contributed by atoms with Crippen LogP contribution in [-0.2, 0) is 6.18 Å². The lowest BCUT2D eigenvalue weighted by molar-refractivity contribution is -0.137. The van der Waals surface area contributed by atoms with Gasteiger partial charge in [-0.25, -0.2) is 4.39 Å². The molecule has 0 aliphatic heterocycles. The predicted molar refractivity (Wildman–Crippen MR) is 64.5 cm³/mol. The molecule has 1 aromatic rings. The van der Waals surface area contributed by atoms with E-state index in [9.17, 15) is 17.6 Å². The van der Waals surface area contributed by atoms with Gasteiger partial charge < -0.3 is 5.32 Å². The van der Waals surface area contributed by atoms with Crippen molar-refractivity contribution in [3.05, 3.63) is 29.6 Å². The molecule has 0 aliphatic carbocycles. The molecule has 0 amide bonds. The quantitative estimate of drug-likeness (QED) is 0.455. The predicted octanol–water partition coefficient (Wildman–Crippen LogP) is 4.67. The van der Waals surface area contributed by atoms with Crippen LogP contribution < -0.4 is 5.32 Å². The van der Waals surface area contributed by atoms with Crippen molar-refractivity contribution in [3.63, 3.8) is 0 Å². The Bertz CT molecular complexity index is 379. The Morgan fingerprint density at radius 1 is 1.11 bits per heavy atom. The van der Waals surface area contributed by atoms with E-state index in [1.54, 1.807) is 0 Å². The summed E-state index contributed by atoms with van der Waals surface area (Å²) in [5, 5.41) is 2.77. The van der Waals surface area contributed by atoms with Crippen molar-refractivity contribution in [2.75, 3.05) is 17.7 Å². The molecule has 0 bridgehead atoms. The molecule has 102 valence electrons. The van der Waals surface area contributed by atoms with Gasteiger partial charge in [-0.05, 0) is 31.0 Å². The Labute approximate surface area is 108 Å². The van der Waals surface area contributed by atoms with Gasteiger partial charge in [0, 0.05) is 12.4 Å². The molecular weight excluding hydrogens is 270 g/mol. The van der Waals surface area contributed by atoms with Gasteiger partial charge in [0.15, 0.2) is 0 Å². The first-order valence-electron chi connectivity index (χ1n) is 5.61. The molecule has 0 saturated carbocycles. The van der Waals surface area contributed by atoms with E-state index in [0.717, 1.165) is 31.4 Å². The van der Waals surface area contributed by atoms with Crippen LogP contribution in [0.1, 0.15) is 24.8 Å². The molecule has 0 aliphatic rings. The Morgan fingerprint density at radius 3 is 2.39 bits per heavy atom. The summed E-state index contributed by atoms with van der Waals surface area (Å²) < 4.78 is 50.2. The number of hydrogen-bond donors (Lipinski definition) is 1. The van der Waals surface area contributed by atoms with E-state index in [2.05, 4.69) is 5.32 Å². The zero-order valence-electron chi connectivity index (χ0n) is 9.66. The minimum atomic E-state index is -4.51. The zero-order valence-corrected chi connectivity index (χ0v) is 10.4. The average molecular weight is 284 g/mol. The second kappa shape index (κ2) is 6.83. The number of unbranched alkanes of at least 4 members (excludes halogenated alkanes) is 2. The molecule has 1 aromatic carbocycles. The van der Waals surface area contributed by atoms with Crippen molar-refractivity contribution in [1.82, 2.24) is 0 Å². The van der Waals surface area contributed by atoms with Gasteiger partial charge in [-0.1, -0.05) is 6.42 Å². The largest absolute Gasteiger partial charge is 0.416 e. The van der Waals surface area contributed by atoms with Crippen LogP contribution in [0.25, 0.3) is 0 Å². The first-order chi connectivity index (χ1) is 8.45. The topological polar surface area (TPSA) is 12.0 Å². The highest BCUT2D eigenvalue weighted by Crippen LogP contribution is 2.31. The van der Waals surface area contributed by atoms with Crippen molar-refractivity contribution >= 4 is 17.3 Å². The molecule has 18 heavy (non-hydrogen) atoms. The summed E-state index contributed by atoms with van der Waals surface area (Å²) in [6.45, 7) is 0.513. The second-order valence-corrected chi connectivity index (χ2v) is 4.25. The first kappa shape index (κ1) is 15.1. The van der Waals surface area contributed by atoms with E-state index >= 15 is 0 Å². The molecule has 0 spiro atoms. The van der Waals surface area contributed by atoms with Gasteiger partial charge in [-0.15, -0.1) is 11.6 Å². The lowest BCUT2D eigenvalue weighted by Gasteiger charge is -2.10. The van der Waals surface area contributed by atoms with Crippen LogP contribution in [0.5, 0.6) is 0 Å². The summed E-state index contributed by atoms with van der Waals surface area (Å²) in [7, 11) is 0. The number of nitrogens with one attached hydrogen (secondary N) is 1. The Hall–Kier alpha value is -0.970. The van der Waals surface area contributed by atoms with E-state index in [0.29, 0.717) is 18.5 Å². The van der Waals surface area contributed by atoms with E-state index in [1.165, 1.54) is 0 Å². The van der Waals surface area contributed by atoms with E-state index < -0.39 is 17.6 Å². The van der Waals surface area contributed by atoms with Crippen LogP contribution in [0.3, 0.4) is 0 Å². The average Bonchev–Trinajstić information content (AvgIpc) is 2.29. The van der Waals surface area contributed by atoms with Gasteiger partial charge in [0.05, 0.1) is 11.3 Å². The third-order valence-corrected chi connectivity index (χ3v) is 2.69. The maximum Gasteiger partial charge on any atom is 0.416 e. The molecule has 1 nitrogen and oxygen atoms in total. The number of hydrogen-bond acceptors (Lipinski definition) is 1. The lowest BCUT2D eigenvalue weighted by atomic mass is 10.2. The van der Waals surface area contributed by atoms with Crippen molar-refractivity contribution in [2.45, 2.75) is 25.4 Å². The van der Waals surface area contributed by atoms with Crippen LogP contribution in [0.15, 0.2) is 18.2 Å². The minimum absolute atomic E-state index is 0.0915. The molecule has 0 radical (unpaired) electrons. The van der Waals surface area contributed by atoms with Crippen LogP contribution in [0.2, 0.25) is 0 Å². The van der Waals surface area contributed by atoms with E-state index in [-0.39, 0.29) is 5.69 Å². The highest BCUT2D eigenvalue weighted by Gasteiger charge is 2.31. The maximum atomic E-state index is 13.4. The molecule has 0 atom stereocenters. The van der Waals surface area contributed by atoms with Gasteiger partial charge >= 0.3 is 6.18 Å². The third kappa shape index (κ3) is 4.72. The van der Waals surface area contributed by atoms with Gasteiger partial charge in [0.2, 0.25) is 0 Å². The summed E-state index contributed by atoms with van der Waals surface area (Å²) in [4.78, 5) is 0. The fraction of sp³-hybridized carbons (Fsp3) is 0.500. The lowest BCUT2D eigenvalue weighted by Crippen LogP contribution is -2.08. The molecule has 1 rings (SSSR count). The zero-order chi connectivity index (χ0) is 13.6. The molecule has 0 fully saturated rings. The van der Waals surface area contributed by atoms with Gasteiger partial charge in [0.1, 0.15) is 5.82 Å². The SMILES string of the molecule is Fc1cc(C(F)(F)F)ccc1NCCCCCCl. The smallest absolute Gasteiger partial charge is 0.383 e. The maximum absolute atomic E-state index is 13.4. The molecule has 0 unspecified atom stereocenters. The fourth-order valence-corrected chi connectivity index (χ4v) is 1.64. The van der Waals surface area contributed by atoms with Crippen LogP contribution in [0.4, 0.5) is 23.2 Å². The summed E-state index contributed by atoms with van der Waals surface area (Å²) >= 11 is 5.50. The highest BCUT2D eigenvalue weighted by atomic mass is 35.5. The molecule has 0 saturated heterocycles. The molecule has 6 heteroatoms. The van der Waals surface area contributed by atoms with Gasteiger partial charge in [-0.2, -0.15) is 13.2 Å². The fourth-order valence-electron chi connectivity index (χ4n) is 1.45. The Balaban J connectivity index is 2.53. The van der Waals surface area contributed by atoms with Crippen LogP contribution in [0, 0.1) is 5.82 Å². The standard InChI is InChI=1S/C12H14ClF4N/c13-6-2-1-3-7-18-11-5-4-9(8-10(11)14)12(15,16)17/h4-5,8,18H,1-3,6-7H2. The van der Waals surface area contributed by atoms with Crippen molar-refractivity contribution in [3.8, 4) is 0 Å². The van der Waals surface area contributed by atoms with Crippen LogP contribution in [-0.4, -0.2) is 12.4 Å². The first-order valence-corrected chi connectivity index (χ1v) is 6.15. The number of halogens is 5. The molecular formula is C12H14ClF4N. The second-order valence-electron chi connectivity index (χ2n) is 3.87. The monoisotopic (exact) mass is 283 g/mol. The molecule has 1 N–H and O–H groups in total. The highest BCUT2D eigenvalue weighted by molar-refractivity contribution is 6.17. The number of benzene rings is 1. The third-order valence-electron chi connectivity index (χ3n) is 2.42. The van der Waals surface area contributed by atoms with Gasteiger partial charge in [0.25, 0.3) is 0 Å².